The van der Waals surface area contributed by atoms with Crippen LogP contribution in [0.25, 0.3) is 10.9 Å². The highest BCUT2D eigenvalue weighted by molar-refractivity contribution is 6.02. The molecule has 0 aliphatic heterocycles. The summed E-state index contributed by atoms with van der Waals surface area (Å²) in [4.78, 5) is 22.4. The number of para-hydroxylation sites is 1. The molecule has 0 saturated carbocycles. The average Bonchev–Trinajstić information content (AvgIpc) is 2.51. The lowest BCUT2D eigenvalue weighted by Gasteiger charge is -2.17. The molecule has 0 aliphatic rings. The number of rotatable bonds is 6. The van der Waals surface area contributed by atoms with Crippen molar-refractivity contribution in [2.24, 2.45) is 0 Å². The van der Waals surface area contributed by atoms with Gasteiger partial charge in [0, 0.05) is 18.1 Å². The lowest BCUT2D eigenvalue weighted by atomic mass is 10.1. The fraction of sp³-hybridized carbons (Fsp3) is 0.400. The standard InChI is InChI=1S/C15H19N3O2/c1-3-18(4-2)8-9-20-15(19)13-7-5-6-12-10-16-11-17-14(12)13/h5-7,10-11H,3-4,8-9H2,1-2H3. The fourth-order valence-corrected chi connectivity index (χ4v) is 2.06. The van der Waals surface area contributed by atoms with Crippen LogP contribution in [0.5, 0.6) is 0 Å². The van der Waals surface area contributed by atoms with E-state index < -0.39 is 0 Å². The molecular weight excluding hydrogens is 254 g/mol. The van der Waals surface area contributed by atoms with E-state index in [1.807, 2.05) is 12.1 Å². The third-order valence-corrected chi connectivity index (χ3v) is 3.29. The molecule has 5 heteroatoms. The van der Waals surface area contributed by atoms with Gasteiger partial charge in [0.2, 0.25) is 0 Å². The van der Waals surface area contributed by atoms with Gasteiger partial charge in [-0.05, 0) is 19.2 Å². The highest BCUT2D eigenvalue weighted by Crippen LogP contribution is 2.15. The summed E-state index contributed by atoms with van der Waals surface area (Å²) in [7, 11) is 0. The Kier molecular flexibility index (Phi) is 5.01. The fourth-order valence-electron chi connectivity index (χ4n) is 2.06. The largest absolute Gasteiger partial charge is 0.461 e. The number of hydrogen-bond donors (Lipinski definition) is 0. The van der Waals surface area contributed by atoms with Gasteiger partial charge in [0.25, 0.3) is 0 Å². The quantitative estimate of drug-likeness (QED) is 0.755. The van der Waals surface area contributed by atoms with E-state index in [0.717, 1.165) is 25.0 Å². The molecule has 2 rings (SSSR count). The van der Waals surface area contributed by atoms with Crippen molar-refractivity contribution in [3.05, 3.63) is 36.3 Å². The van der Waals surface area contributed by atoms with Crippen molar-refractivity contribution in [3.63, 3.8) is 0 Å². The smallest absolute Gasteiger partial charge is 0.340 e. The van der Waals surface area contributed by atoms with Crippen molar-refractivity contribution in [1.82, 2.24) is 14.9 Å². The van der Waals surface area contributed by atoms with E-state index in [1.54, 1.807) is 12.3 Å². The summed E-state index contributed by atoms with van der Waals surface area (Å²) in [5.74, 6) is -0.332. The summed E-state index contributed by atoms with van der Waals surface area (Å²) in [5.41, 5.74) is 1.12. The van der Waals surface area contributed by atoms with E-state index >= 15 is 0 Å². The zero-order valence-corrected chi connectivity index (χ0v) is 11.9. The van der Waals surface area contributed by atoms with Gasteiger partial charge in [0.1, 0.15) is 12.9 Å². The molecule has 1 heterocycles. The predicted octanol–water partition coefficient (Wildman–Crippen LogP) is 2.13. The molecule has 1 aromatic heterocycles. The number of esters is 1. The van der Waals surface area contributed by atoms with Crippen LogP contribution in [0.4, 0.5) is 0 Å². The van der Waals surface area contributed by atoms with Gasteiger partial charge >= 0.3 is 5.97 Å². The number of nitrogens with zero attached hydrogens (tertiary/aromatic N) is 3. The number of fused-ring (bicyclic) bond motifs is 1. The second-order valence-electron chi connectivity index (χ2n) is 4.43. The maximum atomic E-state index is 12.1. The maximum Gasteiger partial charge on any atom is 0.340 e. The molecule has 0 saturated heterocycles. The Labute approximate surface area is 118 Å². The van der Waals surface area contributed by atoms with Gasteiger partial charge in [0.05, 0.1) is 11.1 Å². The molecule has 0 N–H and O–H groups in total. The van der Waals surface area contributed by atoms with Gasteiger partial charge < -0.3 is 9.64 Å². The van der Waals surface area contributed by atoms with Crippen LogP contribution in [-0.2, 0) is 4.74 Å². The van der Waals surface area contributed by atoms with Gasteiger partial charge in [-0.3, -0.25) is 0 Å². The van der Waals surface area contributed by atoms with Gasteiger partial charge in [-0.1, -0.05) is 26.0 Å². The third-order valence-electron chi connectivity index (χ3n) is 3.29. The molecule has 2 aromatic rings. The highest BCUT2D eigenvalue weighted by atomic mass is 16.5. The molecule has 0 atom stereocenters. The summed E-state index contributed by atoms with van der Waals surface area (Å²) >= 11 is 0. The molecule has 0 amide bonds. The van der Waals surface area contributed by atoms with Crippen LogP contribution >= 0.6 is 0 Å². The summed E-state index contributed by atoms with van der Waals surface area (Å²) in [6.07, 6.45) is 3.13. The molecular formula is C15H19N3O2. The van der Waals surface area contributed by atoms with E-state index in [1.165, 1.54) is 6.33 Å². The Morgan fingerprint density at radius 1 is 1.30 bits per heavy atom. The molecule has 0 bridgehead atoms. The summed E-state index contributed by atoms with van der Waals surface area (Å²) in [6.45, 7) is 7.23. The Hall–Kier alpha value is -2.01. The summed E-state index contributed by atoms with van der Waals surface area (Å²) in [5, 5.41) is 0.839. The molecule has 106 valence electrons. The molecule has 1 aromatic carbocycles. The van der Waals surface area contributed by atoms with Crippen LogP contribution in [0, 0.1) is 0 Å². The number of carbonyl (C=O) groups is 1. The highest BCUT2D eigenvalue weighted by Gasteiger charge is 2.12. The van der Waals surface area contributed by atoms with Gasteiger partial charge in [0.15, 0.2) is 0 Å². The molecule has 0 unspecified atom stereocenters. The first-order chi connectivity index (χ1) is 9.76. The first-order valence-electron chi connectivity index (χ1n) is 6.84. The lowest BCUT2D eigenvalue weighted by molar-refractivity contribution is 0.0468. The van der Waals surface area contributed by atoms with Crippen molar-refractivity contribution >= 4 is 16.9 Å². The second kappa shape index (κ2) is 6.96. The normalized spacial score (nSPS) is 10.9. The third kappa shape index (κ3) is 3.30. The number of hydrogen-bond acceptors (Lipinski definition) is 5. The number of ether oxygens (including phenoxy) is 1. The maximum absolute atomic E-state index is 12.1. The van der Waals surface area contributed by atoms with Crippen LogP contribution in [0.3, 0.4) is 0 Å². The Bertz CT molecular complexity index is 577. The molecule has 0 radical (unpaired) electrons. The zero-order chi connectivity index (χ0) is 14.4. The Morgan fingerprint density at radius 3 is 2.85 bits per heavy atom. The molecule has 0 fully saturated rings. The summed E-state index contributed by atoms with van der Waals surface area (Å²) < 4.78 is 5.33. The van der Waals surface area contributed by atoms with Crippen molar-refractivity contribution in [1.29, 1.82) is 0 Å². The molecule has 5 nitrogen and oxygen atoms in total. The van der Waals surface area contributed by atoms with Crippen LogP contribution in [-0.4, -0.2) is 47.1 Å². The number of benzene rings is 1. The minimum Gasteiger partial charge on any atom is -0.461 e. The van der Waals surface area contributed by atoms with E-state index in [0.29, 0.717) is 17.7 Å². The van der Waals surface area contributed by atoms with Gasteiger partial charge in [-0.25, -0.2) is 14.8 Å². The van der Waals surface area contributed by atoms with Crippen LogP contribution < -0.4 is 0 Å². The monoisotopic (exact) mass is 273 g/mol. The number of likely N-dealkylation sites (N-methyl/N-ethyl adjacent to an activating group) is 1. The average molecular weight is 273 g/mol. The zero-order valence-electron chi connectivity index (χ0n) is 11.9. The first-order valence-corrected chi connectivity index (χ1v) is 6.84. The minimum atomic E-state index is -0.332. The Balaban J connectivity index is 2.05. The first kappa shape index (κ1) is 14.4. The number of carbonyl (C=O) groups excluding carboxylic acids is 1. The van der Waals surface area contributed by atoms with Crippen molar-refractivity contribution in [3.8, 4) is 0 Å². The summed E-state index contributed by atoms with van der Waals surface area (Å²) in [6, 6.07) is 5.42. The van der Waals surface area contributed by atoms with Crippen LogP contribution in [0.2, 0.25) is 0 Å². The predicted molar refractivity (Wildman–Crippen MR) is 77.6 cm³/mol. The van der Waals surface area contributed by atoms with Gasteiger partial charge in [-0.15, -0.1) is 0 Å². The topological polar surface area (TPSA) is 55.3 Å². The SMILES string of the molecule is CCN(CC)CCOC(=O)c1cccc2cncnc12. The Morgan fingerprint density at radius 2 is 2.10 bits per heavy atom. The van der Waals surface area contributed by atoms with Crippen molar-refractivity contribution in [2.45, 2.75) is 13.8 Å². The number of aromatic nitrogens is 2. The van der Waals surface area contributed by atoms with Crippen molar-refractivity contribution in [2.75, 3.05) is 26.2 Å². The van der Waals surface area contributed by atoms with E-state index in [2.05, 4.69) is 28.7 Å². The van der Waals surface area contributed by atoms with E-state index in [-0.39, 0.29) is 5.97 Å². The van der Waals surface area contributed by atoms with Gasteiger partial charge in [-0.2, -0.15) is 0 Å². The lowest BCUT2D eigenvalue weighted by Crippen LogP contribution is -2.27. The van der Waals surface area contributed by atoms with E-state index in [9.17, 15) is 4.79 Å². The second-order valence-corrected chi connectivity index (χ2v) is 4.43. The minimum absolute atomic E-state index is 0.332. The van der Waals surface area contributed by atoms with Crippen LogP contribution in [0.1, 0.15) is 24.2 Å². The molecule has 20 heavy (non-hydrogen) atoms. The van der Waals surface area contributed by atoms with Crippen molar-refractivity contribution < 1.29 is 9.53 Å². The molecule has 0 aliphatic carbocycles. The van der Waals surface area contributed by atoms with E-state index in [4.69, 9.17) is 4.74 Å². The molecule has 0 spiro atoms. The van der Waals surface area contributed by atoms with Crippen LogP contribution in [0.15, 0.2) is 30.7 Å².